The minimum absolute atomic E-state index is 0.0295. The van der Waals surface area contributed by atoms with Crippen molar-refractivity contribution < 1.29 is 14.5 Å². The molecule has 0 fully saturated rings. The molecule has 1 heterocycles. The zero-order chi connectivity index (χ0) is 19.6. The minimum atomic E-state index is 0.0295. The molecule has 27 heavy (non-hydrogen) atoms. The number of aromatic nitrogens is 1. The number of nitrogens with one attached hydrogen (secondary N) is 1. The van der Waals surface area contributed by atoms with Gasteiger partial charge in [-0.2, -0.15) is 0 Å². The van der Waals surface area contributed by atoms with Gasteiger partial charge in [0.15, 0.2) is 18.2 Å². The minimum Gasteiger partial charge on any atom is -0.506 e. The fourth-order valence-corrected chi connectivity index (χ4v) is 3.17. The van der Waals surface area contributed by atoms with Crippen LogP contribution in [0.1, 0.15) is 36.8 Å². The molecule has 1 aromatic heterocycles. The molecule has 0 spiro atoms. The van der Waals surface area contributed by atoms with Crippen molar-refractivity contribution in [3.05, 3.63) is 57.8 Å². The normalized spacial score (nSPS) is 11.0. The maximum absolute atomic E-state index is 10.8. The van der Waals surface area contributed by atoms with Crippen LogP contribution in [0.2, 0.25) is 10.0 Å². The van der Waals surface area contributed by atoms with Crippen LogP contribution in [0.5, 0.6) is 5.75 Å². The van der Waals surface area contributed by atoms with Gasteiger partial charge in [-0.25, -0.2) is 4.57 Å². The van der Waals surface area contributed by atoms with E-state index in [2.05, 4.69) is 9.88 Å². The molecule has 4 nitrogen and oxygen atoms in total. The summed E-state index contributed by atoms with van der Waals surface area (Å²) in [6, 6.07) is 7.24. The van der Waals surface area contributed by atoms with Gasteiger partial charge < -0.3 is 10.4 Å². The van der Waals surface area contributed by atoms with Gasteiger partial charge in [0.25, 0.3) is 0 Å². The lowest BCUT2D eigenvalue weighted by atomic mass is 10.1. The van der Waals surface area contributed by atoms with Crippen LogP contribution < -0.4 is 9.88 Å². The van der Waals surface area contributed by atoms with E-state index < -0.39 is 0 Å². The molecule has 0 aliphatic carbocycles. The van der Waals surface area contributed by atoms with Crippen LogP contribution in [0.4, 0.5) is 4.79 Å². The number of carbonyl (C=O) groups is 1. The average molecular weight is 406 g/mol. The maximum atomic E-state index is 10.8. The van der Waals surface area contributed by atoms with Crippen molar-refractivity contribution in [2.45, 2.75) is 32.2 Å². The lowest BCUT2D eigenvalue weighted by Gasteiger charge is -2.03. The summed E-state index contributed by atoms with van der Waals surface area (Å²) in [7, 11) is 1.54. The molecule has 7 heteroatoms. The van der Waals surface area contributed by atoms with Crippen molar-refractivity contribution in [3.8, 4) is 5.75 Å². The number of phenolic OH excluding ortho intramolecular Hbond substituents is 1. The first-order valence-electron chi connectivity index (χ1n) is 9.05. The fraction of sp³-hybridized carbons (Fsp3) is 0.300. The van der Waals surface area contributed by atoms with Crippen molar-refractivity contribution >= 4 is 49.0 Å². The Bertz CT molecular complexity index is 795. The second-order valence-corrected chi connectivity index (χ2v) is 7.27. The molecule has 142 valence electrons. The highest BCUT2D eigenvalue weighted by Gasteiger charge is 2.05. The number of benzene rings is 1. The van der Waals surface area contributed by atoms with Gasteiger partial charge in [-0.1, -0.05) is 41.8 Å². The molecule has 0 radical (unpaired) electrons. The van der Waals surface area contributed by atoms with Crippen LogP contribution in [0, 0.1) is 0 Å². The van der Waals surface area contributed by atoms with Crippen molar-refractivity contribution in [1.29, 1.82) is 0 Å². The zero-order valence-corrected chi connectivity index (χ0v) is 16.9. The van der Waals surface area contributed by atoms with Crippen molar-refractivity contribution in [3.63, 3.8) is 0 Å². The molecule has 0 aliphatic heterocycles. The van der Waals surface area contributed by atoms with Gasteiger partial charge in [-0.15, -0.1) is 0 Å². The molecule has 0 aliphatic rings. The standard InChI is InChI=1S/C20H23BCl2N2O2/c21-20(27)24-9-3-1-2-4-10-25-11-7-15(8-12-25)5-6-16-13-17(22)14-18(23)19(16)26/h5-8,11-14H,1-4,9-10,21H2,(H,24,27)/p+1. The lowest BCUT2D eigenvalue weighted by molar-refractivity contribution is -0.697. The third-order valence-corrected chi connectivity index (χ3v) is 4.65. The van der Waals surface area contributed by atoms with Crippen LogP contribution in [0.25, 0.3) is 12.2 Å². The van der Waals surface area contributed by atoms with Gasteiger partial charge in [-0.3, -0.25) is 4.79 Å². The van der Waals surface area contributed by atoms with E-state index in [1.165, 1.54) is 6.07 Å². The predicted octanol–water partition coefficient (Wildman–Crippen LogP) is 4.06. The second-order valence-electron chi connectivity index (χ2n) is 6.43. The molecule has 1 aromatic carbocycles. The Balaban J connectivity index is 1.79. The molecule has 2 aromatic rings. The summed E-state index contributed by atoms with van der Waals surface area (Å²) >= 11 is 11.9. The van der Waals surface area contributed by atoms with Gasteiger partial charge in [0, 0.05) is 35.7 Å². The first-order valence-corrected chi connectivity index (χ1v) is 9.81. The van der Waals surface area contributed by atoms with Crippen LogP contribution in [0.15, 0.2) is 36.7 Å². The van der Waals surface area contributed by atoms with Crippen LogP contribution in [-0.2, 0) is 6.54 Å². The van der Waals surface area contributed by atoms with E-state index in [-0.39, 0.29) is 16.6 Å². The number of carbonyl (C=O) groups excluding carboxylic acids is 1. The topological polar surface area (TPSA) is 53.2 Å². The van der Waals surface area contributed by atoms with E-state index in [0.717, 1.165) is 44.3 Å². The first kappa shape index (κ1) is 21.3. The number of amides is 1. The Kier molecular flexibility index (Phi) is 8.69. The Hall–Kier alpha value is -1.98. The van der Waals surface area contributed by atoms with Crippen LogP contribution in [-0.4, -0.2) is 25.3 Å². The highest BCUT2D eigenvalue weighted by molar-refractivity contribution is 6.57. The van der Waals surface area contributed by atoms with Crippen molar-refractivity contribution in [1.82, 2.24) is 5.32 Å². The molecular weight excluding hydrogens is 382 g/mol. The number of hydrogen-bond donors (Lipinski definition) is 2. The van der Waals surface area contributed by atoms with E-state index in [0.29, 0.717) is 10.6 Å². The average Bonchev–Trinajstić information content (AvgIpc) is 2.63. The van der Waals surface area contributed by atoms with E-state index >= 15 is 0 Å². The Labute approximate surface area is 171 Å². The number of unbranched alkanes of at least 4 members (excludes halogenated alkanes) is 3. The molecule has 0 bridgehead atoms. The molecule has 2 N–H and O–H groups in total. The Morgan fingerprint density at radius 1 is 1.11 bits per heavy atom. The van der Waals surface area contributed by atoms with Crippen LogP contribution >= 0.6 is 23.2 Å². The summed E-state index contributed by atoms with van der Waals surface area (Å²) < 4.78 is 2.15. The molecule has 0 atom stereocenters. The van der Waals surface area contributed by atoms with E-state index in [1.807, 2.05) is 30.6 Å². The first-order chi connectivity index (χ1) is 13.0. The van der Waals surface area contributed by atoms with Crippen LogP contribution in [0.3, 0.4) is 0 Å². The lowest BCUT2D eigenvalue weighted by Crippen LogP contribution is -2.32. The molecule has 0 unspecified atom stereocenters. The highest BCUT2D eigenvalue weighted by atomic mass is 35.5. The third kappa shape index (κ3) is 7.65. The zero-order valence-electron chi connectivity index (χ0n) is 15.4. The van der Waals surface area contributed by atoms with Crippen molar-refractivity contribution in [2.24, 2.45) is 0 Å². The quantitative estimate of drug-likeness (QED) is 0.375. The van der Waals surface area contributed by atoms with Gasteiger partial charge in [0.1, 0.15) is 12.3 Å². The molecule has 0 saturated heterocycles. The summed E-state index contributed by atoms with van der Waals surface area (Å²) in [5.41, 5.74) is 1.61. The number of nitrogens with zero attached hydrogens (tertiary/aromatic N) is 1. The number of phenols is 1. The largest absolute Gasteiger partial charge is 0.506 e. The summed E-state index contributed by atoms with van der Waals surface area (Å²) in [6.45, 7) is 1.73. The summed E-state index contributed by atoms with van der Waals surface area (Å²) in [6.07, 6.45) is 12.2. The SMILES string of the molecule is BC(=O)NCCCCCC[n+]1ccc(/C=C/c2cc(Cl)cc(Cl)c2O)cc1. The number of aryl methyl sites for hydroxylation is 1. The highest BCUT2D eigenvalue weighted by Crippen LogP contribution is 2.32. The predicted molar refractivity (Wildman–Crippen MR) is 114 cm³/mol. The van der Waals surface area contributed by atoms with Gasteiger partial charge in [-0.05, 0) is 30.5 Å². The molecular formula is C20H24BCl2N2O2+. The third-order valence-electron chi connectivity index (χ3n) is 4.15. The smallest absolute Gasteiger partial charge is 0.215 e. The maximum Gasteiger partial charge on any atom is 0.215 e. The van der Waals surface area contributed by atoms with Gasteiger partial charge in [0.2, 0.25) is 7.85 Å². The molecule has 1 amide bonds. The van der Waals surface area contributed by atoms with Crippen molar-refractivity contribution in [2.75, 3.05) is 6.54 Å². The van der Waals surface area contributed by atoms with E-state index in [4.69, 9.17) is 23.2 Å². The summed E-state index contributed by atoms with van der Waals surface area (Å²) in [5, 5.41) is 13.5. The summed E-state index contributed by atoms with van der Waals surface area (Å²) in [4.78, 5) is 10.8. The Morgan fingerprint density at radius 2 is 1.81 bits per heavy atom. The number of halogens is 2. The van der Waals surface area contributed by atoms with E-state index in [9.17, 15) is 9.90 Å². The number of hydrogen-bond acceptors (Lipinski definition) is 2. The fourth-order valence-electron chi connectivity index (χ4n) is 2.67. The summed E-state index contributed by atoms with van der Waals surface area (Å²) in [5.74, 6) is 0.0650. The second kappa shape index (κ2) is 11.0. The Morgan fingerprint density at radius 3 is 2.52 bits per heavy atom. The number of pyridine rings is 1. The molecule has 2 rings (SSSR count). The number of aromatic hydroxyl groups is 1. The van der Waals surface area contributed by atoms with E-state index in [1.54, 1.807) is 20.0 Å². The molecule has 0 saturated carbocycles. The monoisotopic (exact) mass is 405 g/mol. The van der Waals surface area contributed by atoms with Gasteiger partial charge >= 0.3 is 0 Å². The van der Waals surface area contributed by atoms with Gasteiger partial charge in [0.05, 0.1) is 5.02 Å². The number of rotatable bonds is 9.